The summed E-state index contributed by atoms with van der Waals surface area (Å²) in [5.74, 6) is -0.616. The summed E-state index contributed by atoms with van der Waals surface area (Å²) in [7, 11) is 0. The highest BCUT2D eigenvalue weighted by Gasteiger charge is 2.17. The van der Waals surface area contributed by atoms with Gasteiger partial charge in [0.2, 0.25) is 0 Å². The quantitative estimate of drug-likeness (QED) is 0.538. The summed E-state index contributed by atoms with van der Waals surface area (Å²) in [6.07, 6.45) is 1.74. The van der Waals surface area contributed by atoms with Crippen LogP contribution in [-0.4, -0.2) is 9.13 Å². The minimum atomic E-state index is -0.616. The molecule has 0 aliphatic heterocycles. The highest BCUT2D eigenvalue weighted by atomic mass is 32.1. The van der Waals surface area contributed by atoms with E-state index in [0.717, 1.165) is 15.7 Å². The largest absolute Gasteiger partial charge is 0.336 e. The number of halogens is 1. The maximum absolute atomic E-state index is 14.3. The summed E-state index contributed by atoms with van der Waals surface area (Å²) >= 11 is 1.24. The van der Waals surface area contributed by atoms with E-state index in [2.05, 4.69) is 6.58 Å². The molecule has 0 bridgehead atoms. The molecule has 2 heterocycles. The number of nitrogens with zero attached hydrogens (tertiary/aromatic N) is 2. The first-order valence-electron chi connectivity index (χ1n) is 8.29. The molecule has 0 radical (unpaired) electrons. The predicted molar refractivity (Wildman–Crippen MR) is 107 cm³/mol. The average Bonchev–Trinajstić information content (AvgIpc) is 3.17. The standard InChI is InChI=1S/C21H15FN2O2S/c1-2-14-7-9-15(10-8-14)13-23-18-11-12-27-19(18)20(25)24(21(23)26)17-6-4-3-5-16(17)22/h2-12H,1,13H2. The molecule has 4 aromatic rings. The van der Waals surface area contributed by atoms with Crippen LogP contribution in [0.5, 0.6) is 0 Å². The smallest absolute Gasteiger partial charge is 0.288 e. The lowest BCUT2D eigenvalue weighted by Gasteiger charge is -2.13. The molecule has 4 rings (SSSR count). The highest BCUT2D eigenvalue weighted by Crippen LogP contribution is 2.18. The molecule has 0 fully saturated rings. The summed E-state index contributed by atoms with van der Waals surface area (Å²) in [5.41, 5.74) is 1.31. The van der Waals surface area contributed by atoms with Crippen LogP contribution in [0.15, 0.2) is 76.1 Å². The van der Waals surface area contributed by atoms with Crippen LogP contribution in [0, 0.1) is 5.82 Å². The third-order valence-corrected chi connectivity index (χ3v) is 5.30. The topological polar surface area (TPSA) is 44.0 Å². The van der Waals surface area contributed by atoms with Gasteiger partial charge < -0.3 is 0 Å². The Kier molecular flexibility index (Phi) is 4.33. The highest BCUT2D eigenvalue weighted by molar-refractivity contribution is 7.17. The van der Waals surface area contributed by atoms with Gasteiger partial charge in [0, 0.05) is 0 Å². The monoisotopic (exact) mass is 378 g/mol. The number of rotatable bonds is 4. The van der Waals surface area contributed by atoms with Gasteiger partial charge in [-0.2, -0.15) is 0 Å². The molecule has 4 nitrogen and oxygen atoms in total. The molecule has 0 unspecified atom stereocenters. The Morgan fingerprint density at radius 1 is 1.04 bits per heavy atom. The molecule has 0 atom stereocenters. The number of thiophene rings is 1. The van der Waals surface area contributed by atoms with Crippen molar-refractivity contribution in [2.24, 2.45) is 0 Å². The maximum atomic E-state index is 14.3. The van der Waals surface area contributed by atoms with Crippen LogP contribution in [-0.2, 0) is 6.54 Å². The van der Waals surface area contributed by atoms with Crippen LogP contribution in [0.2, 0.25) is 0 Å². The summed E-state index contributed by atoms with van der Waals surface area (Å²) in [4.78, 5) is 26.0. The SMILES string of the molecule is C=Cc1ccc(Cn2c(=O)n(-c3ccccc3F)c(=O)c3sccc32)cc1. The van der Waals surface area contributed by atoms with E-state index in [4.69, 9.17) is 0 Å². The van der Waals surface area contributed by atoms with Crippen molar-refractivity contribution in [3.05, 3.63) is 104 Å². The van der Waals surface area contributed by atoms with E-state index in [-0.39, 0.29) is 12.2 Å². The zero-order valence-corrected chi connectivity index (χ0v) is 15.1. The first kappa shape index (κ1) is 17.2. The summed E-state index contributed by atoms with van der Waals surface area (Å²) in [6, 6.07) is 15.1. The number of para-hydroxylation sites is 1. The average molecular weight is 378 g/mol. The van der Waals surface area contributed by atoms with Crippen molar-refractivity contribution in [1.29, 1.82) is 0 Å². The van der Waals surface area contributed by atoms with Crippen molar-refractivity contribution >= 4 is 27.6 Å². The van der Waals surface area contributed by atoms with Gasteiger partial charge in [0.25, 0.3) is 5.56 Å². The molecule has 134 valence electrons. The maximum Gasteiger partial charge on any atom is 0.336 e. The van der Waals surface area contributed by atoms with E-state index < -0.39 is 17.1 Å². The molecule has 0 spiro atoms. The van der Waals surface area contributed by atoms with Gasteiger partial charge in [-0.25, -0.2) is 13.8 Å². The van der Waals surface area contributed by atoms with Crippen LogP contribution in [0.3, 0.4) is 0 Å². The number of aromatic nitrogens is 2. The second-order valence-corrected chi connectivity index (χ2v) is 6.96. The molecular formula is C21H15FN2O2S. The Hall–Kier alpha value is -3.25. The van der Waals surface area contributed by atoms with Gasteiger partial charge in [-0.15, -0.1) is 11.3 Å². The Labute approximate surface area is 158 Å². The lowest BCUT2D eigenvalue weighted by molar-refractivity contribution is 0.607. The van der Waals surface area contributed by atoms with Gasteiger partial charge >= 0.3 is 5.69 Å². The minimum absolute atomic E-state index is 0.0430. The Balaban J connectivity index is 1.96. The van der Waals surface area contributed by atoms with Gasteiger partial charge in [-0.05, 0) is 34.7 Å². The molecule has 0 saturated carbocycles. The fraction of sp³-hybridized carbons (Fsp3) is 0.0476. The van der Waals surface area contributed by atoms with Gasteiger partial charge in [-0.3, -0.25) is 9.36 Å². The van der Waals surface area contributed by atoms with Crippen LogP contribution in [0.1, 0.15) is 11.1 Å². The Morgan fingerprint density at radius 3 is 2.48 bits per heavy atom. The number of hydrogen-bond donors (Lipinski definition) is 0. The second-order valence-electron chi connectivity index (χ2n) is 6.04. The fourth-order valence-corrected chi connectivity index (χ4v) is 3.85. The minimum Gasteiger partial charge on any atom is -0.288 e. The van der Waals surface area contributed by atoms with Crippen molar-refractivity contribution in [2.45, 2.75) is 6.54 Å². The van der Waals surface area contributed by atoms with E-state index in [1.165, 1.54) is 34.1 Å². The second kappa shape index (κ2) is 6.81. The van der Waals surface area contributed by atoms with Crippen molar-refractivity contribution in [3.8, 4) is 5.69 Å². The molecule has 0 amide bonds. The van der Waals surface area contributed by atoms with E-state index in [9.17, 15) is 14.0 Å². The van der Waals surface area contributed by atoms with Crippen LogP contribution in [0.4, 0.5) is 4.39 Å². The zero-order chi connectivity index (χ0) is 19.0. The van der Waals surface area contributed by atoms with Gasteiger partial charge in [0.15, 0.2) is 0 Å². The van der Waals surface area contributed by atoms with Crippen LogP contribution in [0.25, 0.3) is 22.0 Å². The molecule has 27 heavy (non-hydrogen) atoms. The van der Waals surface area contributed by atoms with Gasteiger partial charge in [0.1, 0.15) is 10.5 Å². The summed E-state index contributed by atoms with van der Waals surface area (Å²) < 4.78 is 17.1. The Morgan fingerprint density at radius 2 is 1.78 bits per heavy atom. The molecule has 2 aromatic carbocycles. The van der Waals surface area contributed by atoms with Crippen molar-refractivity contribution in [2.75, 3.05) is 0 Å². The summed E-state index contributed by atoms with van der Waals surface area (Å²) in [5, 5.41) is 1.76. The summed E-state index contributed by atoms with van der Waals surface area (Å²) in [6.45, 7) is 4.00. The predicted octanol–water partition coefficient (Wildman–Crippen LogP) is 4.04. The molecular weight excluding hydrogens is 363 g/mol. The first-order chi connectivity index (χ1) is 13.1. The molecule has 0 saturated heterocycles. The first-order valence-corrected chi connectivity index (χ1v) is 9.17. The van der Waals surface area contributed by atoms with Crippen molar-refractivity contribution in [3.63, 3.8) is 0 Å². The number of benzene rings is 2. The van der Waals surface area contributed by atoms with Gasteiger partial charge in [-0.1, -0.05) is 49.1 Å². The molecule has 0 aliphatic rings. The van der Waals surface area contributed by atoms with E-state index in [0.29, 0.717) is 10.2 Å². The normalized spacial score (nSPS) is 11.0. The zero-order valence-electron chi connectivity index (χ0n) is 14.3. The molecule has 0 aliphatic carbocycles. The third-order valence-electron chi connectivity index (χ3n) is 4.40. The van der Waals surface area contributed by atoms with Gasteiger partial charge in [0.05, 0.1) is 17.7 Å². The third kappa shape index (κ3) is 2.94. The van der Waals surface area contributed by atoms with E-state index in [1.807, 2.05) is 24.3 Å². The Bertz CT molecular complexity index is 1270. The van der Waals surface area contributed by atoms with Crippen molar-refractivity contribution < 1.29 is 4.39 Å². The lowest BCUT2D eigenvalue weighted by Crippen LogP contribution is -2.39. The van der Waals surface area contributed by atoms with Crippen molar-refractivity contribution in [1.82, 2.24) is 9.13 Å². The fourth-order valence-electron chi connectivity index (χ4n) is 3.03. The van der Waals surface area contributed by atoms with E-state index >= 15 is 0 Å². The number of fused-ring (bicyclic) bond motifs is 1. The van der Waals surface area contributed by atoms with Crippen LogP contribution < -0.4 is 11.2 Å². The molecule has 6 heteroatoms. The molecule has 2 aromatic heterocycles. The van der Waals surface area contributed by atoms with Crippen LogP contribution >= 0.6 is 11.3 Å². The van der Waals surface area contributed by atoms with E-state index in [1.54, 1.807) is 23.6 Å². The number of hydrogen-bond acceptors (Lipinski definition) is 3. The lowest BCUT2D eigenvalue weighted by atomic mass is 10.1. The molecule has 0 N–H and O–H groups in total.